The second kappa shape index (κ2) is 8.67. The summed E-state index contributed by atoms with van der Waals surface area (Å²) in [5, 5.41) is 3.18. The van der Waals surface area contributed by atoms with E-state index in [0.29, 0.717) is 36.2 Å². The summed E-state index contributed by atoms with van der Waals surface area (Å²) in [4.78, 5) is 17.1. The fraction of sp³-hybridized carbons (Fsp3) is 0.400. The number of amides is 1. The molecule has 0 spiro atoms. The largest absolute Gasteiger partial charge is 0.493 e. The summed E-state index contributed by atoms with van der Waals surface area (Å²) >= 11 is 0. The standard InChI is InChI=1S/C20H24N2O4/c1-24-17-6-5-15(12-18(17)25-2)20(23)22-19(14-7-10-26-11-8-14)16-4-3-9-21-13-16/h3-6,9,12-14,19H,7-8,10-11H2,1-2H3,(H,22,23). The Morgan fingerprint density at radius 3 is 2.62 bits per heavy atom. The van der Waals surface area contributed by atoms with Gasteiger partial charge in [0.15, 0.2) is 11.5 Å². The van der Waals surface area contributed by atoms with E-state index in [1.807, 2.05) is 18.3 Å². The summed E-state index contributed by atoms with van der Waals surface area (Å²) in [7, 11) is 3.13. The molecule has 1 aromatic heterocycles. The molecule has 1 N–H and O–H groups in total. The van der Waals surface area contributed by atoms with Gasteiger partial charge in [0.2, 0.25) is 0 Å². The maximum Gasteiger partial charge on any atom is 0.251 e. The number of nitrogens with zero attached hydrogens (tertiary/aromatic N) is 1. The van der Waals surface area contributed by atoms with Crippen molar-refractivity contribution >= 4 is 5.91 Å². The number of aromatic nitrogens is 1. The van der Waals surface area contributed by atoms with Crippen LogP contribution >= 0.6 is 0 Å². The van der Waals surface area contributed by atoms with Crippen LogP contribution in [0.25, 0.3) is 0 Å². The average molecular weight is 356 g/mol. The molecule has 1 fully saturated rings. The zero-order chi connectivity index (χ0) is 18.4. The lowest BCUT2D eigenvalue weighted by Gasteiger charge is -2.31. The van der Waals surface area contributed by atoms with Gasteiger partial charge in [-0.2, -0.15) is 0 Å². The van der Waals surface area contributed by atoms with Gasteiger partial charge in [-0.1, -0.05) is 6.07 Å². The molecule has 6 nitrogen and oxygen atoms in total. The lowest BCUT2D eigenvalue weighted by atomic mass is 9.87. The minimum Gasteiger partial charge on any atom is -0.493 e. The van der Waals surface area contributed by atoms with E-state index in [4.69, 9.17) is 14.2 Å². The highest BCUT2D eigenvalue weighted by Crippen LogP contribution is 2.31. The second-order valence-corrected chi connectivity index (χ2v) is 6.26. The van der Waals surface area contributed by atoms with Crippen LogP contribution in [0.2, 0.25) is 0 Å². The molecule has 0 radical (unpaired) electrons. The van der Waals surface area contributed by atoms with Gasteiger partial charge < -0.3 is 19.5 Å². The van der Waals surface area contributed by atoms with Crippen molar-refractivity contribution in [3.8, 4) is 11.5 Å². The molecule has 1 aromatic carbocycles. The van der Waals surface area contributed by atoms with E-state index in [2.05, 4.69) is 10.3 Å². The van der Waals surface area contributed by atoms with Crippen molar-refractivity contribution in [3.05, 3.63) is 53.9 Å². The molecule has 6 heteroatoms. The predicted octanol–water partition coefficient (Wildman–Crippen LogP) is 3.00. The minimum atomic E-state index is -0.147. The normalized spacial score (nSPS) is 15.9. The molecule has 1 amide bonds. The summed E-state index contributed by atoms with van der Waals surface area (Å²) in [6.45, 7) is 1.43. The van der Waals surface area contributed by atoms with Crippen LogP contribution in [-0.2, 0) is 4.74 Å². The van der Waals surface area contributed by atoms with Gasteiger partial charge in [0.25, 0.3) is 5.91 Å². The monoisotopic (exact) mass is 356 g/mol. The maximum absolute atomic E-state index is 12.9. The SMILES string of the molecule is COc1ccc(C(=O)NC(c2cccnc2)C2CCOCC2)cc1OC. The van der Waals surface area contributed by atoms with Gasteiger partial charge in [-0.25, -0.2) is 0 Å². The first-order chi connectivity index (χ1) is 12.7. The van der Waals surface area contributed by atoms with Crippen molar-refractivity contribution in [2.24, 2.45) is 5.92 Å². The van der Waals surface area contributed by atoms with Crippen LogP contribution in [0, 0.1) is 5.92 Å². The van der Waals surface area contributed by atoms with Crippen LogP contribution < -0.4 is 14.8 Å². The van der Waals surface area contributed by atoms with Gasteiger partial charge in [0.1, 0.15) is 0 Å². The molecule has 2 aromatic rings. The lowest BCUT2D eigenvalue weighted by molar-refractivity contribution is 0.0513. The highest BCUT2D eigenvalue weighted by atomic mass is 16.5. The summed E-state index contributed by atoms with van der Waals surface area (Å²) < 4.78 is 16.0. The highest BCUT2D eigenvalue weighted by molar-refractivity contribution is 5.95. The van der Waals surface area contributed by atoms with Crippen molar-refractivity contribution in [1.82, 2.24) is 10.3 Å². The molecule has 1 aliphatic rings. The number of nitrogens with one attached hydrogen (secondary N) is 1. The topological polar surface area (TPSA) is 69.7 Å². The zero-order valence-corrected chi connectivity index (χ0v) is 15.1. The Bertz CT molecular complexity index is 730. The molecule has 0 aliphatic carbocycles. The Kier molecular flexibility index (Phi) is 6.07. The second-order valence-electron chi connectivity index (χ2n) is 6.26. The first kappa shape index (κ1) is 18.2. The lowest BCUT2D eigenvalue weighted by Crippen LogP contribution is -2.36. The quantitative estimate of drug-likeness (QED) is 0.862. The van der Waals surface area contributed by atoms with Crippen LogP contribution in [0.5, 0.6) is 11.5 Å². The van der Waals surface area contributed by atoms with Crippen molar-refractivity contribution in [2.75, 3.05) is 27.4 Å². The van der Waals surface area contributed by atoms with E-state index < -0.39 is 0 Å². The van der Waals surface area contributed by atoms with Crippen molar-refractivity contribution in [1.29, 1.82) is 0 Å². The molecule has 1 unspecified atom stereocenters. The van der Waals surface area contributed by atoms with Gasteiger partial charge in [-0.05, 0) is 48.6 Å². The zero-order valence-electron chi connectivity index (χ0n) is 15.1. The van der Waals surface area contributed by atoms with Crippen LogP contribution in [-0.4, -0.2) is 38.3 Å². The molecule has 2 heterocycles. The summed E-state index contributed by atoms with van der Waals surface area (Å²) in [5.74, 6) is 1.30. The molecule has 1 saturated heterocycles. The van der Waals surface area contributed by atoms with Crippen LogP contribution in [0.15, 0.2) is 42.7 Å². The number of hydrogen-bond donors (Lipinski definition) is 1. The molecule has 138 valence electrons. The number of hydrogen-bond acceptors (Lipinski definition) is 5. The summed E-state index contributed by atoms with van der Waals surface area (Å²) in [5.41, 5.74) is 1.54. The minimum absolute atomic E-state index is 0.104. The molecule has 0 bridgehead atoms. The van der Waals surface area contributed by atoms with Gasteiger partial charge in [0, 0.05) is 31.2 Å². The fourth-order valence-corrected chi connectivity index (χ4v) is 3.28. The number of carbonyl (C=O) groups is 1. The Hall–Kier alpha value is -2.60. The average Bonchev–Trinajstić information content (AvgIpc) is 2.72. The highest BCUT2D eigenvalue weighted by Gasteiger charge is 2.27. The van der Waals surface area contributed by atoms with Gasteiger partial charge >= 0.3 is 0 Å². The number of carbonyl (C=O) groups excluding carboxylic acids is 1. The third kappa shape index (κ3) is 4.14. The Balaban J connectivity index is 1.83. The Morgan fingerprint density at radius 1 is 1.19 bits per heavy atom. The van der Waals surface area contributed by atoms with Crippen LogP contribution in [0.3, 0.4) is 0 Å². The van der Waals surface area contributed by atoms with E-state index in [0.717, 1.165) is 18.4 Å². The van der Waals surface area contributed by atoms with Gasteiger partial charge in [-0.15, -0.1) is 0 Å². The van der Waals surface area contributed by atoms with Crippen LogP contribution in [0.4, 0.5) is 0 Å². The molecule has 0 saturated carbocycles. The van der Waals surface area contributed by atoms with E-state index in [9.17, 15) is 4.79 Å². The Labute approximate surface area is 153 Å². The van der Waals surface area contributed by atoms with E-state index >= 15 is 0 Å². The number of rotatable bonds is 6. The molecule has 26 heavy (non-hydrogen) atoms. The first-order valence-electron chi connectivity index (χ1n) is 8.73. The van der Waals surface area contributed by atoms with Gasteiger partial charge in [0.05, 0.1) is 20.3 Å². The number of pyridine rings is 1. The molecular weight excluding hydrogens is 332 g/mol. The number of ether oxygens (including phenoxy) is 3. The first-order valence-corrected chi connectivity index (χ1v) is 8.73. The van der Waals surface area contributed by atoms with E-state index in [1.54, 1.807) is 38.6 Å². The van der Waals surface area contributed by atoms with Gasteiger partial charge in [-0.3, -0.25) is 9.78 Å². The maximum atomic E-state index is 12.9. The third-order valence-electron chi connectivity index (χ3n) is 4.71. The van der Waals surface area contributed by atoms with E-state index in [-0.39, 0.29) is 11.9 Å². The third-order valence-corrected chi connectivity index (χ3v) is 4.71. The molecule has 3 rings (SSSR count). The molecule has 1 atom stereocenters. The van der Waals surface area contributed by atoms with E-state index in [1.165, 1.54) is 0 Å². The number of benzene rings is 1. The molecular formula is C20H24N2O4. The fourth-order valence-electron chi connectivity index (χ4n) is 3.28. The summed E-state index contributed by atoms with van der Waals surface area (Å²) in [6.07, 6.45) is 5.37. The van der Waals surface area contributed by atoms with Crippen molar-refractivity contribution in [3.63, 3.8) is 0 Å². The molecule has 1 aliphatic heterocycles. The number of methoxy groups -OCH3 is 2. The predicted molar refractivity (Wildman–Crippen MR) is 97.5 cm³/mol. The smallest absolute Gasteiger partial charge is 0.251 e. The summed E-state index contributed by atoms with van der Waals surface area (Å²) in [6, 6.07) is 8.96. The Morgan fingerprint density at radius 2 is 1.96 bits per heavy atom. The van der Waals surface area contributed by atoms with Crippen LogP contribution in [0.1, 0.15) is 34.8 Å². The van der Waals surface area contributed by atoms with Crippen molar-refractivity contribution < 1.29 is 19.0 Å². The van der Waals surface area contributed by atoms with Crippen molar-refractivity contribution in [2.45, 2.75) is 18.9 Å².